The molecule has 0 spiro atoms. The zero-order chi connectivity index (χ0) is 25.4. The van der Waals surface area contributed by atoms with Gasteiger partial charge in [-0.2, -0.15) is 0 Å². The van der Waals surface area contributed by atoms with Crippen LogP contribution < -0.4 is 10.1 Å². The monoisotopic (exact) mass is 493 g/mol. The first-order valence-electron chi connectivity index (χ1n) is 14.1. The summed E-state index contributed by atoms with van der Waals surface area (Å²) in [7, 11) is 4.20. The number of ether oxygens (including phenoxy) is 2. The van der Waals surface area contributed by atoms with Gasteiger partial charge in [-0.1, -0.05) is 38.5 Å². The SMILES string of the molecule is CC1(C)CCCC1OCCCCc1ccc2c(n1)NCCC2.CN(C)Cc1cccc2c1CCCO2. The summed E-state index contributed by atoms with van der Waals surface area (Å²) in [4.78, 5) is 6.96. The standard InChI is InChI=1S/C19H30N2O.C12H17NO/c1-19(2)12-5-9-17(19)22-14-4-3-8-16-11-10-15-7-6-13-20-18(15)21-16;1-13(2)9-10-5-3-7-12-11(10)6-4-8-14-12/h10-11,17H,3-9,12-14H2,1-2H3,(H,20,21);3,5,7H,4,6,8-9H2,1-2H3. The highest BCUT2D eigenvalue weighted by Gasteiger charge is 2.34. The van der Waals surface area contributed by atoms with Crippen LogP contribution in [0.3, 0.4) is 0 Å². The molecule has 0 bridgehead atoms. The van der Waals surface area contributed by atoms with Crippen LogP contribution in [0.5, 0.6) is 5.75 Å². The van der Waals surface area contributed by atoms with Crippen molar-refractivity contribution < 1.29 is 9.47 Å². The van der Waals surface area contributed by atoms with E-state index in [4.69, 9.17) is 14.5 Å². The molecule has 0 amide bonds. The fourth-order valence-electron chi connectivity index (χ4n) is 5.70. The summed E-state index contributed by atoms with van der Waals surface area (Å²) in [6.45, 7) is 8.53. The number of aryl methyl sites for hydroxylation is 2. The Bertz CT molecular complexity index is 972. The smallest absolute Gasteiger partial charge is 0.129 e. The van der Waals surface area contributed by atoms with Crippen LogP contribution in [0.4, 0.5) is 5.82 Å². The molecule has 1 aromatic heterocycles. The highest BCUT2D eigenvalue weighted by atomic mass is 16.5. The summed E-state index contributed by atoms with van der Waals surface area (Å²) < 4.78 is 11.7. The third-order valence-electron chi connectivity index (χ3n) is 7.80. The van der Waals surface area contributed by atoms with Crippen LogP contribution in [0.2, 0.25) is 0 Å². The predicted octanol–water partition coefficient (Wildman–Crippen LogP) is 6.43. The minimum absolute atomic E-state index is 0.381. The number of nitrogens with zero attached hydrogens (tertiary/aromatic N) is 2. The number of hydrogen-bond acceptors (Lipinski definition) is 5. The van der Waals surface area contributed by atoms with Gasteiger partial charge in [0.15, 0.2) is 0 Å². The minimum atomic E-state index is 0.381. The van der Waals surface area contributed by atoms with Crippen molar-refractivity contribution in [2.45, 2.75) is 90.7 Å². The van der Waals surface area contributed by atoms with E-state index < -0.39 is 0 Å². The summed E-state index contributed by atoms with van der Waals surface area (Å²) in [6.07, 6.45) is 12.4. The molecule has 1 atom stereocenters. The van der Waals surface area contributed by atoms with E-state index in [9.17, 15) is 0 Å². The Hall–Kier alpha value is -2.11. The van der Waals surface area contributed by atoms with Crippen LogP contribution in [0, 0.1) is 5.41 Å². The summed E-state index contributed by atoms with van der Waals surface area (Å²) >= 11 is 0. The molecule has 5 rings (SSSR count). The lowest BCUT2D eigenvalue weighted by Gasteiger charge is -2.27. The van der Waals surface area contributed by atoms with Crippen molar-refractivity contribution in [1.82, 2.24) is 9.88 Å². The number of hydrogen-bond donors (Lipinski definition) is 1. The van der Waals surface area contributed by atoms with Crippen LogP contribution >= 0.6 is 0 Å². The molecular weight excluding hydrogens is 446 g/mol. The number of pyridine rings is 1. The van der Waals surface area contributed by atoms with Gasteiger partial charge in [0.1, 0.15) is 11.6 Å². The summed E-state index contributed by atoms with van der Waals surface area (Å²) in [5, 5.41) is 3.41. The highest BCUT2D eigenvalue weighted by Crippen LogP contribution is 2.39. The van der Waals surface area contributed by atoms with Crippen molar-refractivity contribution >= 4 is 5.82 Å². The van der Waals surface area contributed by atoms with Gasteiger partial charge in [-0.15, -0.1) is 0 Å². The van der Waals surface area contributed by atoms with E-state index in [1.165, 1.54) is 67.3 Å². The molecule has 3 heterocycles. The molecule has 1 aromatic carbocycles. The Labute approximate surface area is 219 Å². The number of unbranched alkanes of at least 4 members (excludes halogenated alkanes) is 1. The van der Waals surface area contributed by atoms with E-state index in [0.717, 1.165) is 57.1 Å². The van der Waals surface area contributed by atoms with Gasteiger partial charge in [-0.25, -0.2) is 4.98 Å². The maximum atomic E-state index is 6.11. The second-order valence-electron chi connectivity index (χ2n) is 11.6. The fraction of sp³-hybridized carbons (Fsp3) is 0.645. The summed E-state index contributed by atoms with van der Waals surface area (Å²) in [6, 6.07) is 10.8. The predicted molar refractivity (Wildman–Crippen MR) is 149 cm³/mol. The third-order valence-corrected chi connectivity index (χ3v) is 7.80. The Balaban J connectivity index is 0.000000187. The number of anilines is 1. The summed E-state index contributed by atoms with van der Waals surface area (Å²) in [5.41, 5.74) is 5.79. The van der Waals surface area contributed by atoms with Crippen molar-refractivity contribution in [3.05, 3.63) is 52.7 Å². The topological polar surface area (TPSA) is 46.6 Å². The maximum absolute atomic E-state index is 6.11. The molecule has 36 heavy (non-hydrogen) atoms. The molecule has 1 aliphatic carbocycles. The number of benzene rings is 1. The lowest BCUT2D eigenvalue weighted by molar-refractivity contribution is -0.00702. The Morgan fingerprint density at radius 2 is 1.97 bits per heavy atom. The molecule has 0 radical (unpaired) electrons. The van der Waals surface area contributed by atoms with Gasteiger partial charge in [0.2, 0.25) is 0 Å². The quantitative estimate of drug-likeness (QED) is 0.429. The van der Waals surface area contributed by atoms with E-state index in [0.29, 0.717) is 11.5 Å². The molecule has 2 aliphatic heterocycles. The number of fused-ring (bicyclic) bond motifs is 2. The first-order chi connectivity index (χ1) is 17.4. The molecule has 2 aromatic rings. The van der Waals surface area contributed by atoms with Crippen LogP contribution in [-0.2, 0) is 30.5 Å². The number of nitrogens with one attached hydrogen (secondary N) is 1. The second-order valence-corrected chi connectivity index (χ2v) is 11.6. The molecular formula is C31H47N3O2. The molecule has 3 aliphatic rings. The van der Waals surface area contributed by atoms with Gasteiger partial charge in [0, 0.05) is 25.4 Å². The first-order valence-corrected chi connectivity index (χ1v) is 14.1. The van der Waals surface area contributed by atoms with Crippen LogP contribution in [0.1, 0.15) is 81.2 Å². The van der Waals surface area contributed by atoms with Gasteiger partial charge in [-0.3, -0.25) is 0 Å². The highest BCUT2D eigenvalue weighted by molar-refractivity contribution is 5.47. The average Bonchev–Trinajstić information content (AvgIpc) is 3.22. The molecule has 5 heteroatoms. The van der Waals surface area contributed by atoms with Crippen LogP contribution in [0.25, 0.3) is 0 Å². The van der Waals surface area contributed by atoms with Gasteiger partial charge >= 0.3 is 0 Å². The van der Waals surface area contributed by atoms with E-state index >= 15 is 0 Å². The molecule has 198 valence electrons. The van der Waals surface area contributed by atoms with E-state index in [2.05, 4.69) is 68.5 Å². The van der Waals surface area contributed by atoms with Gasteiger partial charge in [-0.05, 0) is 106 Å². The fourth-order valence-corrected chi connectivity index (χ4v) is 5.70. The van der Waals surface area contributed by atoms with E-state index in [1.54, 1.807) is 0 Å². The molecule has 1 fully saturated rings. The minimum Gasteiger partial charge on any atom is -0.493 e. The lowest BCUT2D eigenvalue weighted by Crippen LogP contribution is -2.26. The van der Waals surface area contributed by atoms with E-state index in [-0.39, 0.29) is 0 Å². The second kappa shape index (κ2) is 12.9. The normalized spacial score (nSPS) is 20.0. The Morgan fingerprint density at radius 1 is 1.08 bits per heavy atom. The Kier molecular flexibility index (Phi) is 9.66. The average molecular weight is 494 g/mol. The molecule has 1 N–H and O–H groups in total. The molecule has 5 nitrogen and oxygen atoms in total. The van der Waals surface area contributed by atoms with Crippen molar-refractivity contribution in [1.29, 1.82) is 0 Å². The van der Waals surface area contributed by atoms with Crippen molar-refractivity contribution in [3.8, 4) is 5.75 Å². The van der Waals surface area contributed by atoms with E-state index in [1.807, 2.05) is 0 Å². The summed E-state index contributed by atoms with van der Waals surface area (Å²) in [5.74, 6) is 2.21. The number of rotatable bonds is 8. The maximum Gasteiger partial charge on any atom is 0.129 e. The van der Waals surface area contributed by atoms with Crippen molar-refractivity contribution in [2.24, 2.45) is 5.41 Å². The lowest BCUT2D eigenvalue weighted by atomic mass is 9.89. The van der Waals surface area contributed by atoms with Crippen molar-refractivity contribution in [2.75, 3.05) is 39.2 Å². The van der Waals surface area contributed by atoms with Gasteiger partial charge < -0.3 is 19.7 Å². The Morgan fingerprint density at radius 3 is 2.78 bits per heavy atom. The first kappa shape index (κ1) is 26.9. The van der Waals surface area contributed by atoms with Crippen LogP contribution in [0.15, 0.2) is 30.3 Å². The largest absolute Gasteiger partial charge is 0.493 e. The van der Waals surface area contributed by atoms with Crippen molar-refractivity contribution in [3.63, 3.8) is 0 Å². The third kappa shape index (κ3) is 7.45. The molecule has 0 saturated heterocycles. The molecule has 1 unspecified atom stereocenters. The zero-order valence-corrected chi connectivity index (χ0v) is 23.1. The zero-order valence-electron chi connectivity index (χ0n) is 23.1. The van der Waals surface area contributed by atoms with Crippen LogP contribution in [-0.4, -0.2) is 49.8 Å². The van der Waals surface area contributed by atoms with Gasteiger partial charge in [0.05, 0.1) is 12.7 Å². The molecule has 1 saturated carbocycles. The van der Waals surface area contributed by atoms with Gasteiger partial charge in [0.25, 0.3) is 0 Å². The number of aromatic nitrogens is 1.